The molecule has 0 N–H and O–H groups in total. The number of hydrogen-bond donors (Lipinski definition) is 0. The molecular weight excluding hydrogens is 217 g/mol. The van der Waals surface area contributed by atoms with E-state index in [4.69, 9.17) is 0 Å². The highest BCUT2D eigenvalue weighted by Crippen LogP contribution is 2.16. The summed E-state index contributed by atoms with van der Waals surface area (Å²) >= 11 is 0. The third kappa shape index (κ3) is 3.91. The van der Waals surface area contributed by atoms with Crippen LogP contribution in [-0.4, -0.2) is 10.8 Å². The Kier molecular flexibility index (Phi) is 5.26. The summed E-state index contributed by atoms with van der Waals surface area (Å²) in [6.07, 6.45) is 5.59. The SMILES string of the molecule is CCCCCC(C)C(=O)c1cnc(F)c(C)c1. The molecule has 2 nitrogen and oxygen atoms in total. The highest BCUT2D eigenvalue weighted by Gasteiger charge is 2.16. The standard InChI is InChI=1S/C14H20FNO/c1-4-5-6-7-10(2)13(17)12-8-11(3)14(15)16-9-12/h8-10H,4-7H2,1-3H3. The van der Waals surface area contributed by atoms with Crippen molar-refractivity contribution in [1.82, 2.24) is 4.98 Å². The number of carbonyl (C=O) groups is 1. The minimum atomic E-state index is -0.500. The molecule has 0 bridgehead atoms. The molecule has 1 rings (SSSR count). The number of carbonyl (C=O) groups excluding carboxylic acids is 1. The van der Waals surface area contributed by atoms with Crippen molar-refractivity contribution in [3.05, 3.63) is 29.3 Å². The maximum atomic E-state index is 13.0. The predicted octanol–water partition coefficient (Wildman–Crippen LogP) is 3.93. The fourth-order valence-corrected chi connectivity index (χ4v) is 1.81. The first-order valence-electron chi connectivity index (χ1n) is 6.22. The van der Waals surface area contributed by atoms with Crippen LogP contribution < -0.4 is 0 Å². The topological polar surface area (TPSA) is 30.0 Å². The maximum Gasteiger partial charge on any atom is 0.215 e. The number of Topliss-reactive ketones (excluding diaryl/α,β-unsaturated/α-hetero) is 1. The first-order valence-corrected chi connectivity index (χ1v) is 6.22. The normalized spacial score (nSPS) is 12.5. The molecular formula is C14H20FNO. The molecule has 1 atom stereocenters. The molecule has 3 heteroatoms. The molecule has 0 aliphatic heterocycles. The van der Waals surface area contributed by atoms with Crippen molar-refractivity contribution < 1.29 is 9.18 Å². The van der Waals surface area contributed by atoms with Gasteiger partial charge in [0.2, 0.25) is 5.95 Å². The maximum absolute atomic E-state index is 13.0. The van der Waals surface area contributed by atoms with Crippen LogP contribution in [0, 0.1) is 18.8 Å². The summed E-state index contributed by atoms with van der Waals surface area (Å²) < 4.78 is 13.0. The molecule has 1 heterocycles. The van der Waals surface area contributed by atoms with Gasteiger partial charge in [0.25, 0.3) is 0 Å². The molecule has 0 saturated heterocycles. The first-order chi connectivity index (χ1) is 8.06. The molecule has 1 unspecified atom stereocenters. The lowest BCUT2D eigenvalue weighted by molar-refractivity contribution is 0.0921. The van der Waals surface area contributed by atoms with Crippen molar-refractivity contribution >= 4 is 5.78 Å². The number of pyridine rings is 1. The van der Waals surface area contributed by atoms with Crippen LogP contribution in [0.4, 0.5) is 4.39 Å². The summed E-state index contributed by atoms with van der Waals surface area (Å²) in [6, 6.07) is 1.58. The van der Waals surface area contributed by atoms with E-state index in [1.165, 1.54) is 6.20 Å². The summed E-state index contributed by atoms with van der Waals surface area (Å²) in [4.78, 5) is 15.6. The number of aryl methyl sites for hydroxylation is 1. The fourth-order valence-electron chi connectivity index (χ4n) is 1.81. The van der Waals surface area contributed by atoms with Crippen molar-refractivity contribution in [2.75, 3.05) is 0 Å². The minimum Gasteiger partial charge on any atom is -0.294 e. The van der Waals surface area contributed by atoms with Crippen molar-refractivity contribution in [3.8, 4) is 0 Å². The Morgan fingerprint density at radius 1 is 1.47 bits per heavy atom. The molecule has 17 heavy (non-hydrogen) atoms. The molecule has 0 aromatic carbocycles. The predicted molar refractivity (Wildman–Crippen MR) is 66.6 cm³/mol. The van der Waals surface area contributed by atoms with Gasteiger partial charge in [0.1, 0.15) is 0 Å². The van der Waals surface area contributed by atoms with Gasteiger partial charge in [0.05, 0.1) is 0 Å². The Labute approximate surface area is 102 Å². The number of halogens is 1. The molecule has 1 aromatic rings. The van der Waals surface area contributed by atoms with E-state index in [1.54, 1.807) is 13.0 Å². The highest BCUT2D eigenvalue weighted by atomic mass is 19.1. The van der Waals surface area contributed by atoms with Gasteiger partial charge in [-0.05, 0) is 19.4 Å². The van der Waals surface area contributed by atoms with E-state index in [0.717, 1.165) is 25.7 Å². The lowest BCUT2D eigenvalue weighted by Gasteiger charge is -2.10. The Morgan fingerprint density at radius 2 is 2.18 bits per heavy atom. The number of aromatic nitrogens is 1. The second kappa shape index (κ2) is 6.48. The summed E-state index contributed by atoms with van der Waals surface area (Å²) in [5, 5.41) is 0. The number of unbranched alkanes of at least 4 members (excludes halogenated alkanes) is 2. The number of nitrogens with zero attached hydrogens (tertiary/aromatic N) is 1. The van der Waals surface area contributed by atoms with Gasteiger partial charge in [-0.2, -0.15) is 4.39 Å². The highest BCUT2D eigenvalue weighted by molar-refractivity contribution is 5.97. The number of ketones is 1. The molecule has 0 radical (unpaired) electrons. The van der Waals surface area contributed by atoms with Crippen LogP contribution in [0.5, 0.6) is 0 Å². The zero-order chi connectivity index (χ0) is 12.8. The zero-order valence-electron chi connectivity index (χ0n) is 10.8. The molecule has 0 saturated carbocycles. The van der Waals surface area contributed by atoms with E-state index < -0.39 is 5.95 Å². The second-order valence-corrected chi connectivity index (χ2v) is 4.59. The summed E-state index contributed by atoms with van der Waals surface area (Å²) in [5.74, 6) is -0.440. The molecule has 0 aliphatic carbocycles. The third-order valence-electron chi connectivity index (χ3n) is 2.99. The Morgan fingerprint density at radius 3 is 2.76 bits per heavy atom. The Bertz CT molecular complexity index is 390. The smallest absolute Gasteiger partial charge is 0.215 e. The third-order valence-corrected chi connectivity index (χ3v) is 2.99. The number of hydrogen-bond acceptors (Lipinski definition) is 2. The van der Waals surface area contributed by atoms with E-state index in [-0.39, 0.29) is 11.7 Å². The van der Waals surface area contributed by atoms with Gasteiger partial charge in [-0.1, -0.05) is 33.1 Å². The molecule has 0 spiro atoms. The number of rotatable bonds is 6. The van der Waals surface area contributed by atoms with Gasteiger partial charge < -0.3 is 0 Å². The lowest BCUT2D eigenvalue weighted by atomic mass is 9.94. The summed E-state index contributed by atoms with van der Waals surface area (Å²) in [7, 11) is 0. The summed E-state index contributed by atoms with van der Waals surface area (Å²) in [5.41, 5.74) is 0.949. The summed E-state index contributed by atoms with van der Waals surface area (Å²) in [6.45, 7) is 5.69. The van der Waals surface area contributed by atoms with Crippen LogP contribution >= 0.6 is 0 Å². The Hall–Kier alpha value is -1.25. The fraction of sp³-hybridized carbons (Fsp3) is 0.571. The van der Waals surface area contributed by atoms with Crippen LogP contribution in [0.15, 0.2) is 12.3 Å². The van der Waals surface area contributed by atoms with Gasteiger partial charge in [-0.25, -0.2) is 4.98 Å². The quantitative estimate of drug-likeness (QED) is 0.426. The zero-order valence-corrected chi connectivity index (χ0v) is 10.8. The van der Waals surface area contributed by atoms with Gasteiger partial charge >= 0.3 is 0 Å². The molecule has 0 aliphatic rings. The van der Waals surface area contributed by atoms with E-state index in [0.29, 0.717) is 11.1 Å². The van der Waals surface area contributed by atoms with Crippen molar-refractivity contribution in [2.24, 2.45) is 5.92 Å². The van der Waals surface area contributed by atoms with Gasteiger partial charge in [-0.3, -0.25) is 4.79 Å². The van der Waals surface area contributed by atoms with Crippen LogP contribution in [0.1, 0.15) is 55.5 Å². The molecule has 94 valence electrons. The Balaban J connectivity index is 2.65. The van der Waals surface area contributed by atoms with E-state index in [9.17, 15) is 9.18 Å². The average molecular weight is 237 g/mol. The molecule has 0 amide bonds. The monoisotopic (exact) mass is 237 g/mol. The molecule has 0 fully saturated rings. The van der Waals surface area contributed by atoms with Gasteiger partial charge in [-0.15, -0.1) is 0 Å². The van der Waals surface area contributed by atoms with Crippen molar-refractivity contribution in [2.45, 2.75) is 46.5 Å². The van der Waals surface area contributed by atoms with Crippen LogP contribution in [0.2, 0.25) is 0 Å². The van der Waals surface area contributed by atoms with Crippen LogP contribution in [0.3, 0.4) is 0 Å². The average Bonchev–Trinajstić information content (AvgIpc) is 2.32. The van der Waals surface area contributed by atoms with E-state index in [2.05, 4.69) is 11.9 Å². The largest absolute Gasteiger partial charge is 0.294 e. The second-order valence-electron chi connectivity index (χ2n) is 4.59. The first kappa shape index (κ1) is 13.8. The molecule has 1 aromatic heterocycles. The van der Waals surface area contributed by atoms with Gasteiger partial charge in [0.15, 0.2) is 5.78 Å². The van der Waals surface area contributed by atoms with E-state index >= 15 is 0 Å². The van der Waals surface area contributed by atoms with Crippen molar-refractivity contribution in [3.63, 3.8) is 0 Å². The van der Waals surface area contributed by atoms with Gasteiger partial charge in [0, 0.05) is 23.2 Å². The van der Waals surface area contributed by atoms with E-state index in [1.807, 2.05) is 6.92 Å². The van der Waals surface area contributed by atoms with Crippen LogP contribution in [-0.2, 0) is 0 Å². The van der Waals surface area contributed by atoms with Crippen LogP contribution in [0.25, 0.3) is 0 Å². The minimum absolute atomic E-state index is 0.00629. The van der Waals surface area contributed by atoms with Crippen molar-refractivity contribution in [1.29, 1.82) is 0 Å². The lowest BCUT2D eigenvalue weighted by Crippen LogP contribution is -2.12.